The normalized spacial score (nSPS) is 19.0. The molecular formula is C13H16N2O4. The first-order valence-electron chi connectivity index (χ1n) is 6.17. The number of hydrogen-bond acceptors (Lipinski definition) is 5. The van der Waals surface area contributed by atoms with Crippen molar-refractivity contribution in [2.45, 2.75) is 25.3 Å². The topological polar surface area (TPSA) is 79.7 Å². The standard InChI is InChI=1S/C13H16N2O4/c1-19-13(18)10-4-2-3-7-15(10)12(17)9-5-6-14-8-11(9)16/h5-6,8,10,16H,2-4,7H2,1H3/t10-/m1/s1. The first-order valence-corrected chi connectivity index (χ1v) is 6.17. The molecular weight excluding hydrogens is 248 g/mol. The minimum atomic E-state index is -0.571. The van der Waals surface area contributed by atoms with Gasteiger partial charge in [-0.1, -0.05) is 0 Å². The van der Waals surface area contributed by atoms with Gasteiger partial charge < -0.3 is 14.7 Å². The molecule has 2 rings (SSSR count). The second kappa shape index (κ2) is 5.69. The average Bonchev–Trinajstić information content (AvgIpc) is 2.46. The zero-order valence-corrected chi connectivity index (χ0v) is 10.7. The Balaban J connectivity index is 2.25. The van der Waals surface area contributed by atoms with Gasteiger partial charge in [0.1, 0.15) is 11.8 Å². The number of carbonyl (C=O) groups excluding carboxylic acids is 2. The third-order valence-corrected chi connectivity index (χ3v) is 3.27. The lowest BCUT2D eigenvalue weighted by atomic mass is 10.0. The highest BCUT2D eigenvalue weighted by molar-refractivity contribution is 5.98. The molecule has 1 aliphatic heterocycles. The predicted octanol–water partition coefficient (Wildman–Crippen LogP) is 0.955. The van der Waals surface area contributed by atoms with Crippen LogP contribution in [0.15, 0.2) is 18.5 Å². The first kappa shape index (κ1) is 13.3. The third-order valence-electron chi connectivity index (χ3n) is 3.27. The molecule has 0 unspecified atom stereocenters. The van der Waals surface area contributed by atoms with Crippen LogP contribution in [0.1, 0.15) is 29.6 Å². The summed E-state index contributed by atoms with van der Waals surface area (Å²) in [4.78, 5) is 29.3. The molecule has 1 fully saturated rings. The van der Waals surface area contributed by atoms with Crippen molar-refractivity contribution in [3.8, 4) is 5.75 Å². The Bertz CT molecular complexity index is 489. The summed E-state index contributed by atoms with van der Waals surface area (Å²) in [6.45, 7) is 0.486. The predicted molar refractivity (Wildman–Crippen MR) is 66.6 cm³/mol. The van der Waals surface area contributed by atoms with Gasteiger partial charge in [-0.05, 0) is 25.3 Å². The number of rotatable bonds is 2. The van der Waals surface area contributed by atoms with Gasteiger partial charge in [0.2, 0.25) is 0 Å². The first-order chi connectivity index (χ1) is 9.15. The van der Waals surface area contributed by atoms with Crippen LogP contribution in [0.25, 0.3) is 0 Å². The van der Waals surface area contributed by atoms with Crippen LogP contribution in [0.3, 0.4) is 0 Å². The van der Waals surface area contributed by atoms with Gasteiger partial charge in [0.15, 0.2) is 0 Å². The molecule has 1 N–H and O–H groups in total. The highest BCUT2D eigenvalue weighted by Gasteiger charge is 2.34. The molecule has 1 aliphatic rings. The number of esters is 1. The molecule has 1 saturated heterocycles. The zero-order chi connectivity index (χ0) is 13.8. The largest absolute Gasteiger partial charge is 0.505 e. The third kappa shape index (κ3) is 2.67. The van der Waals surface area contributed by atoms with Gasteiger partial charge in [-0.25, -0.2) is 4.79 Å². The monoisotopic (exact) mass is 264 g/mol. The van der Waals surface area contributed by atoms with E-state index in [-0.39, 0.29) is 17.2 Å². The van der Waals surface area contributed by atoms with Gasteiger partial charge in [0, 0.05) is 12.7 Å². The fourth-order valence-corrected chi connectivity index (χ4v) is 2.28. The molecule has 19 heavy (non-hydrogen) atoms. The van der Waals surface area contributed by atoms with Crippen molar-refractivity contribution in [1.82, 2.24) is 9.88 Å². The van der Waals surface area contributed by atoms with E-state index in [1.807, 2.05) is 0 Å². The summed E-state index contributed by atoms with van der Waals surface area (Å²) in [6.07, 6.45) is 4.95. The van der Waals surface area contributed by atoms with Crippen molar-refractivity contribution in [3.05, 3.63) is 24.0 Å². The Morgan fingerprint density at radius 1 is 1.47 bits per heavy atom. The van der Waals surface area contributed by atoms with Crippen LogP contribution in [-0.4, -0.2) is 46.6 Å². The van der Waals surface area contributed by atoms with E-state index >= 15 is 0 Å². The van der Waals surface area contributed by atoms with E-state index in [0.717, 1.165) is 12.8 Å². The maximum atomic E-state index is 12.4. The summed E-state index contributed by atoms with van der Waals surface area (Å²) in [5.74, 6) is -0.960. The molecule has 6 heteroatoms. The van der Waals surface area contributed by atoms with Crippen molar-refractivity contribution in [2.75, 3.05) is 13.7 Å². The van der Waals surface area contributed by atoms with Gasteiger partial charge in [0.25, 0.3) is 5.91 Å². The fraction of sp³-hybridized carbons (Fsp3) is 0.462. The van der Waals surface area contributed by atoms with E-state index < -0.39 is 12.0 Å². The molecule has 0 spiro atoms. The highest BCUT2D eigenvalue weighted by atomic mass is 16.5. The van der Waals surface area contributed by atoms with E-state index in [1.54, 1.807) is 0 Å². The number of amides is 1. The smallest absolute Gasteiger partial charge is 0.328 e. The van der Waals surface area contributed by atoms with E-state index in [0.29, 0.717) is 13.0 Å². The van der Waals surface area contributed by atoms with Crippen LogP contribution in [0.4, 0.5) is 0 Å². The molecule has 0 radical (unpaired) electrons. The minimum absolute atomic E-state index is 0.158. The number of piperidine rings is 1. The number of methoxy groups -OCH3 is 1. The van der Waals surface area contributed by atoms with E-state index in [2.05, 4.69) is 4.98 Å². The molecule has 1 amide bonds. The molecule has 1 aromatic rings. The summed E-state index contributed by atoms with van der Waals surface area (Å²) in [5, 5.41) is 9.67. The quantitative estimate of drug-likeness (QED) is 0.805. The Labute approximate surface area is 111 Å². The lowest BCUT2D eigenvalue weighted by Crippen LogP contribution is -2.48. The van der Waals surface area contributed by atoms with Crippen LogP contribution in [0, 0.1) is 0 Å². The van der Waals surface area contributed by atoms with Crippen LogP contribution in [0.2, 0.25) is 0 Å². The summed E-state index contributed by atoms with van der Waals surface area (Å²) in [7, 11) is 1.31. The summed E-state index contributed by atoms with van der Waals surface area (Å²) >= 11 is 0. The number of carbonyl (C=O) groups is 2. The van der Waals surface area contributed by atoms with Crippen molar-refractivity contribution in [1.29, 1.82) is 0 Å². The number of hydrogen-bond donors (Lipinski definition) is 1. The summed E-state index contributed by atoms with van der Waals surface area (Å²) < 4.78 is 4.73. The van der Waals surface area contributed by atoms with Crippen LogP contribution >= 0.6 is 0 Å². The van der Waals surface area contributed by atoms with E-state index in [9.17, 15) is 14.7 Å². The number of pyridine rings is 1. The number of aromatic hydroxyl groups is 1. The summed E-state index contributed by atoms with van der Waals surface area (Å²) in [6, 6.07) is 0.875. The zero-order valence-electron chi connectivity index (χ0n) is 10.7. The Kier molecular flexibility index (Phi) is 3.99. The van der Waals surface area contributed by atoms with Gasteiger partial charge >= 0.3 is 5.97 Å². The maximum absolute atomic E-state index is 12.4. The number of aromatic nitrogens is 1. The molecule has 0 saturated carbocycles. The van der Waals surface area contributed by atoms with Crippen molar-refractivity contribution in [2.24, 2.45) is 0 Å². The molecule has 2 heterocycles. The minimum Gasteiger partial charge on any atom is -0.505 e. The van der Waals surface area contributed by atoms with Gasteiger partial charge in [0.05, 0.1) is 18.9 Å². The van der Waals surface area contributed by atoms with Gasteiger partial charge in [-0.3, -0.25) is 9.78 Å². The second-order valence-corrected chi connectivity index (χ2v) is 4.43. The van der Waals surface area contributed by atoms with E-state index in [4.69, 9.17) is 4.74 Å². The van der Waals surface area contributed by atoms with Crippen LogP contribution in [0.5, 0.6) is 5.75 Å². The van der Waals surface area contributed by atoms with Crippen molar-refractivity contribution in [3.63, 3.8) is 0 Å². The lowest BCUT2D eigenvalue weighted by Gasteiger charge is -2.33. The Hall–Kier alpha value is -2.11. The second-order valence-electron chi connectivity index (χ2n) is 4.43. The Morgan fingerprint density at radius 3 is 2.95 bits per heavy atom. The highest BCUT2D eigenvalue weighted by Crippen LogP contribution is 2.23. The molecule has 0 bridgehead atoms. The maximum Gasteiger partial charge on any atom is 0.328 e. The van der Waals surface area contributed by atoms with Crippen LogP contribution in [-0.2, 0) is 9.53 Å². The number of nitrogens with zero attached hydrogens (tertiary/aromatic N) is 2. The molecule has 0 aromatic carbocycles. The molecule has 1 aromatic heterocycles. The van der Waals surface area contributed by atoms with Crippen molar-refractivity contribution >= 4 is 11.9 Å². The number of ether oxygens (including phenoxy) is 1. The lowest BCUT2D eigenvalue weighted by molar-refractivity contribution is -0.147. The average molecular weight is 264 g/mol. The molecule has 1 atom stereocenters. The SMILES string of the molecule is COC(=O)[C@H]1CCCCN1C(=O)c1ccncc1O. The van der Waals surface area contributed by atoms with Gasteiger partial charge in [-0.15, -0.1) is 0 Å². The molecule has 6 nitrogen and oxygen atoms in total. The van der Waals surface area contributed by atoms with Crippen molar-refractivity contribution < 1.29 is 19.4 Å². The molecule has 0 aliphatic carbocycles. The summed E-state index contributed by atoms with van der Waals surface area (Å²) in [5.41, 5.74) is 0.158. The number of likely N-dealkylation sites (tertiary alicyclic amines) is 1. The van der Waals surface area contributed by atoms with Crippen LogP contribution < -0.4 is 0 Å². The fourth-order valence-electron chi connectivity index (χ4n) is 2.28. The molecule has 102 valence electrons. The van der Waals surface area contributed by atoms with Gasteiger partial charge in [-0.2, -0.15) is 0 Å². The van der Waals surface area contributed by atoms with E-state index in [1.165, 1.54) is 30.5 Å². The Morgan fingerprint density at radius 2 is 2.26 bits per heavy atom.